The van der Waals surface area contributed by atoms with E-state index in [1.807, 2.05) is 30.0 Å². The van der Waals surface area contributed by atoms with Gasteiger partial charge in [-0.05, 0) is 19.1 Å². The monoisotopic (exact) mass is 273 g/mol. The second kappa shape index (κ2) is 4.62. The van der Waals surface area contributed by atoms with Crippen molar-refractivity contribution in [1.29, 1.82) is 0 Å². The van der Waals surface area contributed by atoms with E-state index in [0.29, 0.717) is 0 Å². The number of aryl methyl sites for hydroxylation is 2. The van der Waals surface area contributed by atoms with Crippen molar-refractivity contribution in [2.45, 2.75) is 13.5 Å². The van der Waals surface area contributed by atoms with Crippen LogP contribution in [0.1, 0.15) is 9.75 Å². The summed E-state index contributed by atoms with van der Waals surface area (Å²) in [5.41, 5.74) is 1.71. The Morgan fingerprint density at radius 1 is 1.26 bits per heavy atom. The highest BCUT2D eigenvalue weighted by molar-refractivity contribution is 7.11. The zero-order valence-corrected chi connectivity index (χ0v) is 12.0. The molecular formula is C13H15N5S. The van der Waals surface area contributed by atoms with Gasteiger partial charge in [0.1, 0.15) is 6.33 Å². The SMILES string of the molecule is Cc1ccc(CN(C)c2ncnc3c2ncn3C)s1. The van der Waals surface area contributed by atoms with E-state index in [2.05, 4.69) is 38.9 Å². The highest BCUT2D eigenvalue weighted by Gasteiger charge is 2.13. The second-order valence-electron chi connectivity index (χ2n) is 4.59. The molecule has 5 nitrogen and oxygen atoms in total. The Balaban J connectivity index is 1.95. The third-order valence-corrected chi connectivity index (χ3v) is 4.01. The first-order valence-electron chi connectivity index (χ1n) is 6.03. The highest BCUT2D eigenvalue weighted by atomic mass is 32.1. The predicted molar refractivity (Wildman–Crippen MR) is 77.5 cm³/mol. The van der Waals surface area contributed by atoms with Crippen LogP contribution < -0.4 is 4.90 Å². The van der Waals surface area contributed by atoms with E-state index in [1.54, 1.807) is 12.7 Å². The van der Waals surface area contributed by atoms with Crippen molar-refractivity contribution in [1.82, 2.24) is 19.5 Å². The maximum atomic E-state index is 4.39. The third kappa shape index (κ3) is 2.19. The lowest BCUT2D eigenvalue weighted by molar-refractivity contribution is 0.905. The van der Waals surface area contributed by atoms with Crippen molar-refractivity contribution in [3.8, 4) is 0 Å². The molecule has 0 spiro atoms. The molecule has 3 heterocycles. The molecule has 3 aromatic rings. The standard InChI is InChI=1S/C13H15N5S/c1-9-4-5-10(19-9)6-17(2)12-11-13(15-7-14-12)18(3)8-16-11/h4-5,7-8H,6H2,1-3H3. The van der Waals surface area contributed by atoms with Gasteiger partial charge in [-0.15, -0.1) is 11.3 Å². The molecule has 3 aromatic heterocycles. The van der Waals surface area contributed by atoms with Crippen LogP contribution in [-0.2, 0) is 13.6 Å². The van der Waals surface area contributed by atoms with Gasteiger partial charge in [0.15, 0.2) is 17.0 Å². The number of anilines is 1. The molecule has 6 heteroatoms. The van der Waals surface area contributed by atoms with Gasteiger partial charge in [0.25, 0.3) is 0 Å². The van der Waals surface area contributed by atoms with Gasteiger partial charge in [-0.2, -0.15) is 0 Å². The minimum Gasteiger partial charge on any atom is -0.353 e. The molecule has 0 radical (unpaired) electrons. The lowest BCUT2D eigenvalue weighted by Crippen LogP contribution is -2.17. The van der Waals surface area contributed by atoms with Gasteiger partial charge in [0.05, 0.1) is 12.9 Å². The normalized spacial score (nSPS) is 11.1. The van der Waals surface area contributed by atoms with Crippen molar-refractivity contribution in [2.75, 3.05) is 11.9 Å². The molecule has 3 rings (SSSR count). The number of rotatable bonds is 3. The number of aromatic nitrogens is 4. The first-order valence-corrected chi connectivity index (χ1v) is 6.85. The molecule has 0 unspecified atom stereocenters. The zero-order chi connectivity index (χ0) is 13.4. The predicted octanol–water partition coefficient (Wildman–Crippen LogP) is 2.37. The van der Waals surface area contributed by atoms with E-state index in [4.69, 9.17) is 0 Å². The third-order valence-electron chi connectivity index (χ3n) is 3.03. The Hall–Kier alpha value is -1.95. The Bertz CT molecular complexity index is 715. The lowest BCUT2D eigenvalue weighted by atomic mass is 10.4. The molecule has 0 fully saturated rings. The minimum absolute atomic E-state index is 0.835. The van der Waals surface area contributed by atoms with Crippen LogP contribution in [0.5, 0.6) is 0 Å². The molecule has 0 N–H and O–H groups in total. The fourth-order valence-corrected chi connectivity index (χ4v) is 3.04. The average Bonchev–Trinajstić information content (AvgIpc) is 2.96. The number of hydrogen-bond donors (Lipinski definition) is 0. The number of nitrogens with zero attached hydrogens (tertiary/aromatic N) is 5. The van der Waals surface area contributed by atoms with Gasteiger partial charge in [-0.1, -0.05) is 0 Å². The molecule has 0 aliphatic heterocycles. The van der Waals surface area contributed by atoms with Crippen LogP contribution in [0.2, 0.25) is 0 Å². The Kier molecular flexibility index (Phi) is 2.94. The maximum absolute atomic E-state index is 4.39. The van der Waals surface area contributed by atoms with Crippen LogP contribution in [0.15, 0.2) is 24.8 Å². The Morgan fingerprint density at radius 2 is 2.11 bits per heavy atom. The number of thiophene rings is 1. The van der Waals surface area contributed by atoms with Gasteiger partial charge in [0.2, 0.25) is 0 Å². The van der Waals surface area contributed by atoms with E-state index < -0.39 is 0 Å². The van der Waals surface area contributed by atoms with Crippen LogP contribution in [-0.4, -0.2) is 26.6 Å². The van der Waals surface area contributed by atoms with Crippen molar-refractivity contribution in [3.63, 3.8) is 0 Å². The summed E-state index contributed by atoms with van der Waals surface area (Å²) in [6, 6.07) is 4.30. The van der Waals surface area contributed by atoms with Crippen LogP contribution >= 0.6 is 11.3 Å². The summed E-state index contributed by atoms with van der Waals surface area (Å²) in [4.78, 5) is 17.8. The zero-order valence-electron chi connectivity index (χ0n) is 11.2. The van der Waals surface area contributed by atoms with Crippen LogP contribution in [0, 0.1) is 6.92 Å². The molecular weight excluding hydrogens is 258 g/mol. The average molecular weight is 273 g/mol. The van der Waals surface area contributed by atoms with Crippen molar-refractivity contribution < 1.29 is 0 Å². The largest absolute Gasteiger partial charge is 0.353 e. The van der Waals surface area contributed by atoms with E-state index in [-0.39, 0.29) is 0 Å². The molecule has 98 valence electrons. The molecule has 0 atom stereocenters. The van der Waals surface area contributed by atoms with Crippen molar-refractivity contribution >= 4 is 28.3 Å². The number of imidazole rings is 1. The number of fused-ring (bicyclic) bond motifs is 1. The molecule has 0 saturated heterocycles. The molecule has 0 aliphatic rings. The Labute approximate surface area is 115 Å². The summed E-state index contributed by atoms with van der Waals surface area (Å²) in [6.07, 6.45) is 3.36. The van der Waals surface area contributed by atoms with E-state index in [0.717, 1.165) is 23.5 Å². The first kappa shape index (κ1) is 12.1. The first-order chi connectivity index (χ1) is 9.15. The van der Waals surface area contributed by atoms with Crippen molar-refractivity contribution in [3.05, 3.63) is 34.5 Å². The summed E-state index contributed by atoms with van der Waals surface area (Å²) >= 11 is 1.81. The fraction of sp³-hybridized carbons (Fsp3) is 0.308. The minimum atomic E-state index is 0.835. The van der Waals surface area contributed by atoms with Gasteiger partial charge in [-0.25, -0.2) is 15.0 Å². The summed E-state index contributed by atoms with van der Waals surface area (Å²) in [6.45, 7) is 2.96. The summed E-state index contributed by atoms with van der Waals surface area (Å²) in [5.74, 6) is 0.872. The number of hydrogen-bond acceptors (Lipinski definition) is 5. The highest BCUT2D eigenvalue weighted by Crippen LogP contribution is 2.23. The van der Waals surface area contributed by atoms with Gasteiger partial charge < -0.3 is 9.47 Å². The molecule has 0 amide bonds. The van der Waals surface area contributed by atoms with E-state index in [1.165, 1.54) is 9.75 Å². The van der Waals surface area contributed by atoms with E-state index in [9.17, 15) is 0 Å². The quantitative estimate of drug-likeness (QED) is 0.735. The Morgan fingerprint density at radius 3 is 2.84 bits per heavy atom. The van der Waals surface area contributed by atoms with Crippen LogP contribution in [0.3, 0.4) is 0 Å². The molecule has 0 saturated carbocycles. The van der Waals surface area contributed by atoms with Crippen LogP contribution in [0.4, 0.5) is 5.82 Å². The molecule has 0 aromatic carbocycles. The molecule has 0 aliphatic carbocycles. The lowest BCUT2D eigenvalue weighted by Gasteiger charge is -2.17. The van der Waals surface area contributed by atoms with E-state index >= 15 is 0 Å². The molecule has 19 heavy (non-hydrogen) atoms. The smallest absolute Gasteiger partial charge is 0.165 e. The second-order valence-corrected chi connectivity index (χ2v) is 5.97. The summed E-state index contributed by atoms with van der Waals surface area (Å²) in [5, 5.41) is 0. The van der Waals surface area contributed by atoms with Gasteiger partial charge >= 0.3 is 0 Å². The summed E-state index contributed by atoms with van der Waals surface area (Å²) < 4.78 is 1.91. The van der Waals surface area contributed by atoms with Crippen molar-refractivity contribution in [2.24, 2.45) is 7.05 Å². The fourth-order valence-electron chi connectivity index (χ4n) is 2.09. The topological polar surface area (TPSA) is 46.8 Å². The maximum Gasteiger partial charge on any atom is 0.165 e. The van der Waals surface area contributed by atoms with Gasteiger partial charge in [-0.3, -0.25) is 0 Å². The molecule has 0 bridgehead atoms. The van der Waals surface area contributed by atoms with Gasteiger partial charge in [0, 0.05) is 23.8 Å². The van der Waals surface area contributed by atoms with Crippen LogP contribution in [0.25, 0.3) is 11.2 Å². The summed E-state index contributed by atoms with van der Waals surface area (Å²) in [7, 11) is 3.97.